The molecule has 0 aliphatic carbocycles. The second-order valence-electron chi connectivity index (χ2n) is 7.31. The van der Waals surface area contributed by atoms with E-state index in [1.54, 1.807) is 13.0 Å². The van der Waals surface area contributed by atoms with Gasteiger partial charge in [-0.25, -0.2) is 4.39 Å². The van der Waals surface area contributed by atoms with Crippen LogP contribution in [0.3, 0.4) is 0 Å². The standard InChI is InChI=1S/C26H27FO/c1-3-7-20-10-12-23-18-24(14-13-22(23)16-20)25-15-11-21(17-26(25)27)9-6-4-5-8-19(2)28/h3,6,9-19,28H,1,4-5,7-8H2,2H3/b9-6+. The molecule has 0 aliphatic heterocycles. The van der Waals surface area contributed by atoms with E-state index in [9.17, 15) is 9.50 Å². The molecule has 0 spiro atoms. The van der Waals surface area contributed by atoms with Gasteiger partial charge in [0.2, 0.25) is 0 Å². The largest absolute Gasteiger partial charge is 0.393 e. The van der Waals surface area contributed by atoms with Crippen molar-refractivity contribution in [3.05, 3.63) is 90.3 Å². The number of benzene rings is 3. The number of fused-ring (bicyclic) bond motifs is 1. The van der Waals surface area contributed by atoms with E-state index in [1.165, 1.54) is 5.56 Å². The Hall–Kier alpha value is -2.71. The first kappa shape index (κ1) is 20.0. The minimum atomic E-state index is -0.263. The van der Waals surface area contributed by atoms with Crippen molar-refractivity contribution in [2.75, 3.05) is 0 Å². The van der Waals surface area contributed by atoms with Crippen molar-refractivity contribution in [3.63, 3.8) is 0 Å². The smallest absolute Gasteiger partial charge is 0.131 e. The van der Waals surface area contributed by atoms with Crippen LogP contribution < -0.4 is 0 Å². The van der Waals surface area contributed by atoms with E-state index in [4.69, 9.17) is 0 Å². The summed E-state index contributed by atoms with van der Waals surface area (Å²) in [7, 11) is 0. The van der Waals surface area contributed by atoms with Gasteiger partial charge in [0.25, 0.3) is 0 Å². The van der Waals surface area contributed by atoms with Crippen molar-refractivity contribution in [3.8, 4) is 11.1 Å². The fourth-order valence-electron chi connectivity index (χ4n) is 3.38. The third-order valence-electron chi connectivity index (χ3n) is 4.89. The number of aliphatic hydroxyl groups is 1. The number of rotatable bonds is 8. The fraction of sp³-hybridized carbons (Fsp3) is 0.231. The lowest BCUT2D eigenvalue weighted by Gasteiger charge is -2.08. The molecular formula is C26H27FO. The van der Waals surface area contributed by atoms with E-state index in [2.05, 4.69) is 24.8 Å². The SMILES string of the molecule is C=CCc1ccc2cc(-c3ccc(/C=C/CCCC(C)O)cc3F)ccc2c1. The van der Waals surface area contributed by atoms with Crippen molar-refractivity contribution >= 4 is 16.8 Å². The van der Waals surface area contributed by atoms with E-state index in [0.717, 1.165) is 47.6 Å². The van der Waals surface area contributed by atoms with Crippen LogP contribution in [-0.4, -0.2) is 11.2 Å². The Morgan fingerprint density at radius 3 is 2.57 bits per heavy atom. The molecule has 0 radical (unpaired) electrons. The summed E-state index contributed by atoms with van der Waals surface area (Å²) in [5, 5.41) is 11.5. The Kier molecular flexibility index (Phi) is 6.78. The highest BCUT2D eigenvalue weighted by molar-refractivity contribution is 5.88. The average Bonchev–Trinajstić information content (AvgIpc) is 2.67. The van der Waals surface area contributed by atoms with Crippen LogP contribution in [0.25, 0.3) is 28.0 Å². The third-order valence-corrected chi connectivity index (χ3v) is 4.89. The minimum absolute atomic E-state index is 0.214. The van der Waals surface area contributed by atoms with Gasteiger partial charge in [-0.2, -0.15) is 0 Å². The summed E-state index contributed by atoms with van der Waals surface area (Å²) in [4.78, 5) is 0. The zero-order valence-corrected chi connectivity index (χ0v) is 16.4. The van der Waals surface area contributed by atoms with Gasteiger partial charge in [0.15, 0.2) is 0 Å². The lowest BCUT2D eigenvalue weighted by molar-refractivity contribution is 0.182. The highest BCUT2D eigenvalue weighted by Gasteiger charge is 2.07. The monoisotopic (exact) mass is 374 g/mol. The van der Waals surface area contributed by atoms with Crippen molar-refractivity contribution in [1.82, 2.24) is 0 Å². The zero-order valence-electron chi connectivity index (χ0n) is 16.4. The summed E-state index contributed by atoms with van der Waals surface area (Å²) in [6, 6.07) is 17.8. The molecule has 3 rings (SSSR count). The summed E-state index contributed by atoms with van der Waals surface area (Å²) >= 11 is 0. The van der Waals surface area contributed by atoms with Gasteiger partial charge in [-0.15, -0.1) is 6.58 Å². The summed E-state index contributed by atoms with van der Waals surface area (Å²) in [5.41, 5.74) is 3.58. The van der Waals surface area contributed by atoms with Gasteiger partial charge in [-0.05, 0) is 72.2 Å². The maximum Gasteiger partial charge on any atom is 0.131 e. The van der Waals surface area contributed by atoms with Crippen LogP contribution in [0.4, 0.5) is 4.39 Å². The Balaban J connectivity index is 1.77. The van der Waals surface area contributed by atoms with Crippen LogP contribution in [0, 0.1) is 5.82 Å². The molecule has 0 aliphatic rings. The zero-order chi connectivity index (χ0) is 19.9. The molecule has 2 heteroatoms. The number of unbranched alkanes of at least 4 members (excludes halogenated alkanes) is 1. The number of allylic oxidation sites excluding steroid dienone is 2. The maximum atomic E-state index is 14.7. The van der Waals surface area contributed by atoms with Gasteiger partial charge < -0.3 is 5.11 Å². The topological polar surface area (TPSA) is 20.2 Å². The van der Waals surface area contributed by atoms with E-state index in [1.807, 2.05) is 48.6 Å². The highest BCUT2D eigenvalue weighted by Crippen LogP contribution is 2.28. The average molecular weight is 374 g/mol. The second-order valence-corrected chi connectivity index (χ2v) is 7.31. The number of hydrogen-bond acceptors (Lipinski definition) is 1. The summed E-state index contributed by atoms with van der Waals surface area (Å²) in [5.74, 6) is -0.214. The summed E-state index contributed by atoms with van der Waals surface area (Å²) < 4.78 is 14.7. The highest BCUT2D eigenvalue weighted by atomic mass is 19.1. The van der Waals surface area contributed by atoms with Crippen molar-refractivity contribution in [2.45, 2.75) is 38.7 Å². The lowest BCUT2D eigenvalue weighted by atomic mass is 9.98. The van der Waals surface area contributed by atoms with Crippen LogP contribution in [0.15, 0.2) is 73.3 Å². The molecule has 0 aromatic heterocycles. The molecule has 0 saturated carbocycles. The fourth-order valence-corrected chi connectivity index (χ4v) is 3.38. The normalized spacial score (nSPS) is 12.5. The van der Waals surface area contributed by atoms with Gasteiger partial charge in [0.05, 0.1) is 6.10 Å². The summed E-state index contributed by atoms with van der Waals surface area (Å²) in [6.07, 6.45) is 9.06. The molecule has 28 heavy (non-hydrogen) atoms. The van der Waals surface area contributed by atoms with Gasteiger partial charge in [-0.3, -0.25) is 0 Å². The van der Waals surface area contributed by atoms with Crippen LogP contribution in [-0.2, 0) is 6.42 Å². The minimum Gasteiger partial charge on any atom is -0.393 e. The molecular weight excluding hydrogens is 347 g/mol. The molecule has 1 nitrogen and oxygen atoms in total. The Morgan fingerprint density at radius 1 is 1.04 bits per heavy atom. The number of halogens is 1. The van der Waals surface area contributed by atoms with E-state index >= 15 is 0 Å². The molecule has 3 aromatic carbocycles. The molecule has 0 amide bonds. The van der Waals surface area contributed by atoms with E-state index in [0.29, 0.717) is 5.56 Å². The third kappa shape index (κ3) is 5.17. The van der Waals surface area contributed by atoms with Gasteiger partial charge in [0, 0.05) is 5.56 Å². The van der Waals surface area contributed by atoms with Crippen molar-refractivity contribution in [2.24, 2.45) is 0 Å². The van der Waals surface area contributed by atoms with E-state index < -0.39 is 0 Å². The van der Waals surface area contributed by atoms with Gasteiger partial charge >= 0.3 is 0 Å². The molecule has 1 unspecified atom stereocenters. The molecule has 1 N–H and O–H groups in total. The van der Waals surface area contributed by atoms with Crippen molar-refractivity contribution < 1.29 is 9.50 Å². The second kappa shape index (κ2) is 9.48. The Bertz CT molecular complexity index is 985. The predicted octanol–water partition coefficient (Wildman–Crippen LogP) is 6.94. The first-order valence-electron chi connectivity index (χ1n) is 9.85. The van der Waals surface area contributed by atoms with Gasteiger partial charge in [-0.1, -0.05) is 60.7 Å². The molecule has 0 saturated heterocycles. The van der Waals surface area contributed by atoms with Gasteiger partial charge in [0.1, 0.15) is 5.82 Å². The Morgan fingerprint density at radius 2 is 1.82 bits per heavy atom. The number of hydrogen-bond donors (Lipinski definition) is 1. The molecule has 144 valence electrons. The number of aliphatic hydroxyl groups excluding tert-OH is 1. The van der Waals surface area contributed by atoms with E-state index in [-0.39, 0.29) is 11.9 Å². The first-order valence-corrected chi connectivity index (χ1v) is 9.85. The predicted molar refractivity (Wildman–Crippen MR) is 118 cm³/mol. The quantitative estimate of drug-likeness (QED) is 0.334. The molecule has 3 aromatic rings. The van der Waals surface area contributed by atoms with Crippen LogP contribution in [0.5, 0.6) is 0 Å². The molecule has 0 fully saturated rings. The van der Waals surface area contributed by atoms with Crippen LogP contribution in [0.2, 0.25) is 0 Å². The maximum absolute atomic E-state index is 14.7. The molecule has 0 heterocycles. The Labute approximate surface area is 166 Å². The lowest BCUT2D eigenvalue weighted by Crippen LogP contribution is -1.97. The van der Waals surface area contributed by atoms with Crippen LogP contribution >= 0.6 is 0 Å². The molecule has 1 atom stereocenters. The van der Waals surface area contributed by atoms with Crippen molar-refractivity contribution in [1.29, 1.82) is 0 Å². The first-order chi connectivity index (χ1) is 13.6. The summed E-state index contributed by atoms with van der Waals surface area (Å²) in [6.45, 7) is 5.58. The molecule has 0 bridgehead atoms. The van der Waals surface area contributed by atoms with Crippen LogP contribution in [0.1, 0.15) is 37.3 Å².